The lowest BCUT2D eigenvalue weighted by Crippen LogP contribution is -2.17. The fourth-order valence-electron chi connectivity index (χ4n) is 1.67. The zero-order valence-electron chi connectivity index (χ0n) is 9.19. The summed E-state index contributed by atoms with van der Waals surface area (Å²) in [7, 11) is 0. The fraction of sp³-hybridized carbons (Fsp3) is 0.417. The average molecular weight is 256 g/mol. The summed E-state index contributed by atoms with van der Waals surface area (Å²) in [6, 6.07) is 3.94. The molecule has 0 aliphatic carbocycles. The number of hydrogen-bond acceptors (Lipinski definition) is 4. The van der Waals surface area contributed by atoms with Gasteiger partial charge in [-0.3, -0.25) is 0 Å². The predicted molar refractivity (Wildman–Crippen MR) is 62.9 cm³/mol. The van der Waals surface area contributed by atoms with Crippen molar-refractivity contribution in [2.75, 3.05) is 13.2 Å². The highest BCUT2D eigenvalue weighted by Crippen LogP contribution is 2.16. The van der Waals surface area contributed by atoms with Crippen LogP contribution in [0.4, 0.5) is 4.39 Å². The maximum absolute atomic E-state index is 12.9. The number of esters is 1. The third kappa shape index (κ3) is 3.20. The molecular weight excluding hydrogens is 243 g/mol. The first-order chi connectivity index (χ1) is 8.16. The number of thiol groups is 1. The first-order valence-corrected chi connectivity index (χ1v) is 5.89. The summed E-state index contributed by atoms with van der Waals surface area (Å²) in [5.41, 5.74) is 0.300. The first-order valence-electron chi connectivity index (χ1n) is 5.44. The van der Waals surface area contributed by atoms with E-state index < -0.39 is 11.8 Å². The van der Waals surface area contributed by atoms with Gasteiger partial charge in [0.25, 0.3) is 0 Å². The lowest BCUT2D eigenvalue weighted by Gasteiger charge is -2.10. The molecule has 1 unspecified atom stereocenters. The largest absolute Gasteiger partial charge is 0.459 e. The topological polar surface area (TPSA) is 35.5 Å². The minimum Gasteiger partial charge on any atom is -0.459 e. The van der Waals surface area contributed by atoms with Gasteiger partial charge in [0.05, 0.1) is 11.7 Å². The molecule has 1 aliphatic rings. The van der Waals surface area contributed by atoms with Crippen LogP contribution in [0.25, 0.3) is 0 Å². The smallest absolute Gasteiger partial charge is 0.338 e. The number of rotatable bonds is 3. The molecule has 2 rings (SSSR count). The molecule has 3 nitrogen and oxygen atoms in total. The van der Waals surface area contributed by atoms with Gasteiger partial charge in [-0.15, -0.1) is 12.6 Å². The van der Waals surface area contributed by atoms with E-state index in [1.807, 2.05) is 0 Å². The lowest BCUT2D eigenvalue weighted by molar-refractivity contribution is 0.0161. The van der Waals surface area contributed by atoms with Crippen molar-refractivity contribution in [1.29, 1.82) is 0 Å². The Morgan fingerprint density at radius 3 is 3.06 bits per heavy atom. The van der Waals surface area contributed by atoms with E-state index in [0.717, 1.165) is 19.4 Å². The summed E-state index contributed by atoms with van der Waals surface area (Å²) >= 11 is 3.91. The molecule has 0 saturated carbocycles. The van der Waals surface area contributed by atoms with Crippen molar-refractivity contribution in [2.24, 2.45) is 0 Å². The first kappa shape index (κ1) is 12.4. The van der Waals surface area contributed by atoms with Crippen LogP contribution in [0.1, 0.15) is 23.2 Å². The van der Waals surface area contributed by atoms with Gasteiger partial charge in [0, 0.05) is 11.5 Å². The van der Waals surface area contributed by atoms with Gasteiger partial charge in [-0.25, -0.2) is 9.18 Å². The van der Waals surface area contributed by atoms with Crippen LogP contribution in [-0.4, -0.2) is 25.3 Å². The van der Waals surface area contributed by atoms with Crippen LogP contribution < -0.4 is 0 Å². The predicted octanol–water partition coefficient (Wildman–Crippen LogP) is 2.45. The summed E-state index contributed by atoms with van der Waals surface area (Å²) < 4.78 is 23.4. The number of halogens is 1. The monoisotopic (exact) mass is 256 g/mol. The van der Waals surface area contributed by atoms with Crippen molar-refractivity contribution in [1.82, 2.24) is 0 Å². The minimum atomic E-state index is -0.476. The molecule has 1 fully saturated rings. The third-order valence-corrected chi connectivity index (χ3v) is 2.95. The zero-order chi connectivity index (χ0) is 12.3. The van der Waals surface area contributed by atoms with Crippen molar-refractivity contribution in [3.05, 3.63) is 29.6 Å². The van der Waals surface area contributed by atoms with Crippen LogP contribution in [0.5, 0.6) is 0 Å². The quantitative estimate of drug-likeness (QED) is 0.666. The van der Waals surface area contributed by atoms with Crippen molar-refractivity contribution in [3.8, 4) is 0 Å². The van der Waals surface area contributed by atoms with E-state index in [0.29, 0.717) is 5.56 Å². The molecule has 0 bridgehead atoms. The van der Waals surface area contributed by atoms with Gasteiger partial charge in [0.2, 0.25) is 0 Å². The van der Waals surface area contributed by atoms with Crippen LogP contribution >= 0.6 is 12.6 Å². The van der Waals surface area contributed by atoms with E-state index >= 15 is 0 Å². The van der Waals surface area contributed by atoms with Crippen LogP contribution in [0.15, 0.2) is 23.1 Å². The van der Waals surface area contributed by atoms with E-state index in [4.69, 9.17) is 9.47 Å². The molecule has 5 heteroatoms. The SMILES string of the molecule is O=C(OCC1CCCO1)c1ccc(F)c(S)c1. The van der Waals surface area contributed by atoms with Gasteiger partial charge in [-0.1, -0.05) is 0 Å². The Morgan fingerprint density at radius 2 is 2.41 bits per heavy atom. The average Bonchev–Trinajstić information content (AvgIpc) is 2.82. The number of carbonyl (C=O) groups excluding carboxylic acids is 1. The molecular formula is C12H13FO3S. The highest BCUT2D eigenvalue weighted by atomic mass is 32.1. The molecule has 0 spiro atoms. The van der Waals surface area contributed by atoms with E-state index in [2.05, 4.69) is 12.6 Å². The van der Waals surface area contributed by atoms with Crippen LogP contribution in [0, 0.1) is 5.82 Å². The molecule has 92 valence electrons. The highest BCUT2D eigenvalue weighted by molar-refractivity contribution is 7.80. The number of hydrogen-bond donors (Lipinski definition) is 1. The normalized spacial score (nSPS) is 19.3. The van der Waals surface area contributed by atoms with Crippen molar-refractivity contribution in [3.63, 3.8) is 0 Å². The zero-order valence-corrected chi connectivity index (χ0v) is 10.1. The van der Waals surface area contributed by atoms with E-state index in [1.54, 1.807) is 0 Å². The number of benzene rings is 1. The summed E-state index contributed by atoms with van der Waals surface area (Å²) in [5.74, 6) is -0.931. The Labute approximate surface area is 104 Å². The molecule has 1 saturated heterocycles. The summed E-state index contributed by atoms with van der Waals surface area (Å²) in [6.07, 6.45) is 1.91. The van der Waals surface area contributed by atoms with Crippen molar-refractivity contribution in [2.45, 2.75) is 23.8 Å². The van der Waals surface area contributed by atoms with Crippen LogP contribution in [0.2, 0.25) is 0 Å². The second kappa shape index (κ2) is 5.51. The molecule has 1 aliphatic heterocycles. The fourth-order valence-corrected chi connectivity index (χ4v) is 1.88. The second-order valence-electron chi connectivity index (χ2n) is 3.90. The van der Waals surface area contributed by atoms with Gasteiger partial charge < -0.3 is 9.47 Å². The van der Waals surface area contributed by atoms with Crippen molar-refractivity contribution < 1.29 is 18.7 Å². The summed E-state index contributed by atoms with van der Waals surface area (Å²) in [4.78, 5) is 11.8. The third-order valence-electron chi connectivity index (χ3n) is 2.61. The van der Waals surface area contributed by atoms with Crippen molar-refractivity contribution >= 4 is 18.6 Å². The Kier molecular flexibility index (Phi) is 4.02. The van der Waals surface area contributed by atoms with E-state index in [9.17, 15) is 9.18 Å². The molecule has 0 N–H and O–H groups in total. The Bertz CT molecular complexity index is 416. The Hall–Kier alpha value is -1.07. The molecule has 0 radical (unpaired) electrons. The minimum absolute atomic E-state index is 0.00475. The van der Waals surface area contributed by atoms with Gasteiger partial charge in [0.1, 0.15) is 12.4 Å². The Morgan fingerprint density at radius 1 is 1.59 bits per heavy atom. The maximum Gasteiger partial charge on any atom is 0.338 e. The van der Waals surface area contributed by atoms with Gasteiger partial charge in [-0.2, -0.15) is 0 Å². The van der Waals surface area contributed by atoms with Crippen LogP contribution in [-0.2, 0) is 9.47 Å². The lowest BCUT2D eigenvalue weighted by atomic mass is 10.2. The standard InChI is InChI=1S/C12H13FO3S/c13-10-4-3-8(6-11(10)17)12(14)16-7-9-2-1-5-15-9/h3-4,6,9,17H,1-2,5,7H2. The molecule has 1 heterocycles. The molecule has 0 aromatic heterocycles. The Balaban J connectivity index is 1.92. The summed E-state index contributed by atoms with van der Waals surface area (Å²) in [6.45, 7) is 0.970. The maximum atomic E-state index is 12.9. The molecule has 1 atom stereocenters. The van der Waals surface area contributed by atoms with Gasteiger partial charge >= 0.3 is 5.97 Å². The summed E-state index contributed by atoms with van der Waals surface area (Å²) in [5, 5.41) is 0. The van der Waals surface area contributed by atoms with E-state index in [1.165, 1.54) is 18.2 Å². The van der Waals surface area contributed by atoms with Crippen LogP contribution in [0.3, 0.4) is 0 Å². The van der Waals surface area contributed by atoms with E-state index in [-0.39, 0.29) is 17.6 Å². The molecule has 17 heavy (non-hydrogen) atoms. The second-order valence-corrected chi connectivity index (χ2v) is 4.38. The molecule has 1 aromatic rings. The highest BCUT2D eigenvalue weighted by Gasteiger charge is 2.18. The van der Waals surface area contributed by atoms with Gasteiger partial charge in [0.15, 0.2) is 0 Å². The molecule has 1 aromatic carbocycles. The number of carbonyl (C=O) groups is 1. The molecule has 0 amide bonds. The number of ether oxygens (including phenoxy) is 2. The van der Waals surface area contributed by atoms with Gasteiger partial charge in [-0.05, 0) is 31.0 Å².